The van der Waals surface area contributed by atoms with Gasteiger partial charge in [-0.2, -0.15) is 0 Å². The first-order valence-electron chi connectivity index (χ1n) is 6.73. The largest absolute Gasteiger partial charge is 0.495 e. The second-order valence-corrected chi connectivity index (χ2v) is 8.19. The summed E-state index contributed by atoms with van der Waals surface area (Å²) in [6, 6.07) is 11.2. The lowest BCUT2D eigenvalue weighted by molar-refractivity contribution is -0.115. The number of thioether (sulfide) groups is 1. The summed E-state index contributed by atoms with van der Waals surface area (Å²) >= 11 is 14.6. The maximum absolute atomic E-state index is 12.4. The van der Waals surface area contributed by atoms with Gasteiger partial charge in [0.05, 0.1) is 17.3 Å². The molecule has 7 heteroatoms. The highest BCUT2D eigenvalue weighted by atomic mass is 79.9. The Morgan fingerprint density at radius 1 is 1.26 bits per heavy atom. The first-order valence-corrected chi connectivity index (χ1v) is 9.74. The monoisotopic (exact) mass is 475 g/mol. The third-order valence-electron chi connectivity index (χ3n) is 3.48. The molecule has 0 aliphatic carbocycles. The van der Waals surface area contributed by atoms with E-state index >= 15 is 0 Å². The Morgan fingerprint density at radius 3 is 2.61 bits per heavy atom. The van der Waals surface area contributed by atoms with Crippen LogP contribution in [0, 0.1) is 0 Å². The molecule has 3 nitrogen and oxygen atoms in total. The third-order valence-corrected chi connectivity index (χ3v) is 5.97. The molecule has 0 unspecified atom stereocenters. The average Bonchev–Trinajstić information content (AvgIpc) is 2.89. The van der Waals surface area contributed by atoms with Crippen molar-refractivity contribution in [2.24, 2.45) is 0 Å². The minimum Gasteiger partial charge on any atom is -0.495 e. The molecule has 1 fully saturated rings. The van der Waals surface area contributed by atoms with Crippen LogP contribution < -0.4 is 9.64 Å². The lowest BCUT2D eigenvalue weighted by Gasteiger charge is -2.26. The average molecular weight is 478 g/mol. The Labute approximate surface area is 160 Å². The SMILES string of the molecule is COc1c(Br)cc(Br)cc1[C@H]1SCC(=O)N1c1ccc(Cl)cc1. The van der Waals surface area contributed by atoms with Crippen LogP contribution in [0.25, 0.3) is 0 Å². The van der Waals surface area contributed by atoms with Gasteiger partial charge in [0.2, 0.25) is 5.91 Å². The first kappa shape index (κ1) is 17.1. The molecular formula is C16H12Br2ClNO2S. The van der Waals surface area contributed by atoms with Gasteiger partial charge in [0.25, 0.3) is 0 Å². The van der Waals surface area contributed by atoms with Crippen LogP contribution in [0.1, 0.15) is 10.9 Å². The number of halogens is 3. The Hall–Kier alpha value is -0.690. The fraction of sp³-hybridized carbons (Fsp3) is 0.188. The van der Waals surface area contributed by atoms with E-state index in [-0.39, 0.29) is 11.3 Å². The minimum absolute atomic E-state index is 0.0699. The molecule has 0 aromatic heterocycles. The summed E-state index contributed by atoms with van der Waals surface area (Å²) in [5, 5.41) is 0.500. The molecule has 0 bridgehead atoms. The molecule has 1 aliphatic rings. The van der Waals surface area contributed by atoms with Gasteiger partial charge >= 0.3 is 0 Å². The van der Waals surface area contributed by atoms with Crippen molar-refractivity contribution in [3.8, 4) is 5.75 Å². The lowest BCUT2D eigenvalue weighted by atomic mass is 10.1. The van der Waals surface area contributed by atoms with E-state index in [4.69, 9.17) is 16.3 Å². The van der Waals surface area contributed by atoms with Gasteiger partial charge < -0.3 is 4.74 Å². The van der Waals surface area contributed by atoms with E-state index < -0.39 is 0 Å². The van der Waals surface area contributed by atoms with Gasteiger partial charge in [0.1, 0.15) is 11.1 Å². The van der Waals surface area contributed by atoms with Crippen LogP contribution in [0.4, 0.5) is 5.69 Å². The standard InChI is InChI=1S/C16H12Br2ClNO2S/c1-22-15-12(6-9(17)7-13(15)18)16-20(14(21)8-23-16)11-4-2-10(19)3-5-11/h2-7,16H,8H2,1H3/t16-/m1/s1. The van der Waals surface area contributed by atoms with Crippen molar-refractivity contribution in [2.75, 3.05) is 17.8 Å². The highest BCUT2D eigenvalue weighted by Crippen LogP contribution is 2.47. The molecule has 0 N–H and O–H groups in total. The van der Waals surface area contributed by atoms with E-state index in [0.717, 1.165) is 25.9 Å². The van der Waals surface area contributed by atoms with Crippen molar-refractivity contribution in [3.63, 3.8) is 0 Å². The van der Waals surface area contributed by atoms with Crippen molar-refractivity contribution in [1.82, 2.24) is 0 Å². The maximum atomic E-state index is 12.4. The molecule has 1 amide bonds. The highest BCUT2D eigenvalue weighted by Gasteiger charge is 2.36. The number of methoxy groups -OCH3 is 1. The summed E-state index contributed by atoms with van der Waals surface area (Å²) in [7, 11) is 1.63. The van der Waals surface area contributed by atoms with Gasteiger partial charge in [-0.3, -0.25) is 9.69 Å². The molecule has 3 rings (SSSR count). The Morgan fingerprint density at radius 2 is 1.96 bits per heavy atom. The summed E-state index contributed by atoms with van der Waals surface area (Å²) in [6.45, 7) is 0. The van der Waals surface area contributed by atoms with Gasteiger partial charge in [-0.05, 0) is 52.3 Å². The molecule has 1 aliphatic heterocycles. The van der Waals surface area contributed by atoms with Crippen LogP contribution in [-0.2, 0) is 4.79 Å². The predicted molar refractivity (Wildman–Crippen MR) is 103 cm³/mol. The Kier molecular flexibility index (Phi) is 5.26. The van der Waals surface area contributed by atoms with E-state index in [2.05, 4.69) is 31.9 Å². The molecule has 0 saturated carbocycles. The number of carbonyl (C=O) groups excluding carboxylic acids is 1. The molecule has 1 atom stereocenters. The summed E-state index contributed by atoms with van der Waals surface area (Å²) in [5.74, 6) is 1.24. The smallest absolute Gasteiger partial charge is 0.238 e. The van der Waals surface area contributed by atoms with E-state index in [1.165, 1.54) is 0 Å². The van der Waals surface area contributed by atoms with Gasteiger partial charge in [-0.15, -0.1) is 11.8 Å². The van der Waals surface area contributed by atoms with E-state index in [1.807, 2.05) is 24.3 Å². The number of carbonyl (C=O) groups is 1. The second kappa shape index (κ2) is 7.05. The van der Waals surface area contributed by atoms with Crippen molar-refractivity contribution in [1.29, 1.82) is 0 Å². The number of ether oxygens (including phenoxy) is 1. The minimum atomic E-state index is -0.146. The summed E-state index contributed by atoms with van der Waals surface area (Å²) in [5.41, 5.74) is 1.77. The molecule has 0 radical (unpaired) electrons. The number of amides is 1. The zero-order valence-corrected chi connectivity index (χ0v) is 16.8. The van der Waals surface area contributed by atoms with Crippen molar-refractivity contribution < 1.29 is 9.53 Å². The zero-order chi connectivity index (χ0) is 16.6. The van der Waals surface area contributed by atoms with Gasteiger partial charge in [0.15, 0.2) is 0 Å². The van der Waals surface area contributed by atoms with Crippen molar-refractivity contribution in [2.45, 2.75) is 5.37 Å². The number of hydrogen-bond donors (Lipinski definition) is 0. The van der Waals surface area contributed by atoms with Crippen LogP contribution in [0.3, 0.4) is 0 Å². The normalized spacial score (nSPS) is 17.7. The number of hydrogen-bond acceptors (Lipinski definition) is 3. The second-order valence-electron chi connectivity index (χ2n) is 4.91. The Bertz CT molecular complexity index is 754. The molecular weight excluding hydrogens is 466 g/mol. The van der Waals surface area contributed by atoms with Crippen LogP contribution in [-0.4, -0.2) is 18.8 Å². The topological polar surface area (TPSA) is 29.5 Å². The van der Waals surface area contributed by atoms with Crippen LogP contribution >= 0.6 is 55.2 Å². The molecule has 2 aromatic carbocycles. The summed E-state index contributed by atoms with van der Waals surface area (Å²) in [6.07, 6.45) is 0. The fourth-order valence-corrected chi connectivity index (χ4v) is 5.24. The lowest BCUT2D eigenvalue weighted by Crippen LogP contribution is -2.28. The van der Waals surface area contributed by atoms with Gasteiger partial charge in [0, 0.05) is 20.7 Å². The van der Waals surface area contributed by atoms with E-state index in [0.29, 0.717) is 10.8 Å². The number of nitrogens with zero attached hydrogens (tertiary/aromatic N) is 1. The first-order chi connectivity index (χ1) is 11.0. The number of anilines is 1. The highest BCUT2D eigenvalue weighted by molar-refractivity contribution is 9.11. The fourth-order valence-electron chi connectivity index (χ4n) is 2.51. The third kappa shape index (κ3) is 3.40. The van der Waals surface area contributed by atoms with Gasteiger partial charge in [-0.25, -0.2) is 0 Å². The summed E-state index contributed by atoms with van der Waals surface area (Å²) < 4.78 is 7.32. The molecule has 0 spiro atoms. The molecule has 23 heavy (non-hydrogen) atoms. The van der Waals surface area contributed by atoms with Crippen molar-refractivity contribution >= 4 is 66.8 Å². The van der Waals surface area contributed by atoms with Crippen molar-refractivity contribution in [3.05, 3.63) is 55.9 Å². The van der Waals surface area contributed by atoms with Crippen LogP contribution in [0.2, 0.25) is 5.02 Å². The summed E-state index contributed by atoms with van der Waals surface area (Å²) in [4.78, 5) is 14.2. The number of benzene rings is 2. The van der Waals surface area contributed by atoms with Gasteiger partial charge in [-0.1, -0.05) is 27.5 Å². The maximum Gasteiger partial charge on any atom is 0.238 e. The van der Waals surface area contributed by atoms with E-state index in [9.17, 15) is 4.79 Å². The van der Waals surface area contributed by atoms with Crippen LogP contribution in [0.5, 0.6) is 5.75 Å². The molecule has 1 heterocycles. The predicted octanol–water partition coefficient (Wildman–Crippen LogP) is 5.65. The van der Waals surface area contributed by atoms with Crippen LogP contribution in [0.15, 0.2) is 45.3 Å². The number of rotatable bonds is 3. The quantitative estimate of drug-likeness (QED) is 0.572. The molecule has 120 valence electrons. The van der Waals surface area contributed by atoms with E-state index in [1.54, 1.807) is 35.9 Å². The molecule has 1 saturated heterocycles. The molecule has 2 aromatic rings. The zero-order valence-electron chi connectivity index (χ0n) is 12.1. The Balaban J connectivity index is 2.08.